The maximum Gasteiger partial charge on any atom is 0.126 e. The summed E-state index contributed by atoms with van der Waals surface area (Å²) in [5.41, 5.74) is 4.47. The van der Waals surface area contributed by atoms with E-state index in [1.54, 1.807) is 6.92 Å². The minimum absolute atomic E-state index is 0.497. The van der Waals surface area contributed by atoms with E-state index in [4.69, 9.17) is 4.74 Å². The van der Waals surface area contributed by atoms with Crippen LogP contribution in [-0.4, -0.2) is 5.11 Å². The first-order chi connectivity index (χ1) is 9.47. The summed E-state index contributed by atoms with van der Waals surface area (Å²) in [7, 11) is 0. The van der Waals surface area contributed by atoms with Crippen molar-refractivity contribution in [2.24, 2.45) is 0 Å². The van der Waals surface area contributed by atoms with Crippen molar-refractivity contribution in [3.63, 3.8) is 0 Å². The van der Waals surface area contributed by atoms with Crippen LogP contribution in [0.15, 0.2) is 40.9 Å². The van der Waals surface area contributed by atoms with Crippen LogP contribution < -0.4 is 4.74 Å². The molecule has 0 unspecified atom stereocenters. The van der Waals surface area contributed by atoms with Crippen LogP contribution in [0.25, 0.3) is 0 Å². The molecule has 0 aliphatic rings. The van der Waals surface area contributed by atoms with Crippen molar-refractivity contribution < 1.29 is 9.84 Å². The summed E-state index contributed by atoms with van der Waals surface area (Å²) in [5.74, 6) is 0.715. The van der Waals surface area contributed by atoms with Gasteiger partial charge < -0.3 is 9.84 Å². The van der Waals surface area contributed by atoms with Crippen molar-refractivity contribution in [1.29, 1.82) is 0 Å². The van der Waals surface area contributed by atoms with Crippen molar-refractivity contribution in [3.8, 4) is 5.75 Å². The fraction of sp³-hybridized carbons (Fsp3) is 0.294. The van der Waals surface area contributed by atoms with E-state index >= 15 is 0 Å². The third-order valence-electron chi connectivity index (χ3n) is 3.39. The van der Waals surface area contributed by atoms with Gasteiger partial charge in [-0.1, -0.05) is 40.2 Å². The number of hydrogen-bond donors (Lipinski definition) is 1. The molecule has 0 aliphatic carbocycles. The van der Waals surface area contributed by atoms with Crippen LogP contribution in [0, 0.1) is 13.8 Å². The molecule has 2 nitrogen and oxygen atoms in total. The van der Waals surface area contributed by atoms with Crippen LogP contribution in [0.5, 0.6) is 5.75 Å². The Kier molecular flexibility index (Phi) is 4.84. The topological polar surface area (TPSA) is 29.5 Å². The fourth-order valence-electron chi connectivity index (χ4n) is 2.03. The van der Waals surface area contributed by atoms with Crippen LogP contribution >= 0.6 is 15.9 Å². The zero-order chi connectivity index (χ0) is 14.7. The van der Waals surface area contributed by atoms with Gasteiger partial charge in [-0.3, -0.25) is 0 Å². The summed E-state index contributed by atoms with van der Waals surface area (Å²) in [6, 6.07) is 12.0. The molecule has 3 heteroatoms. The smallest absolute Gasteiger partial charge is 0.126 e. The van der Waals surface area contributed by atoms with Gasteiger partial charge in [-0.15, -0.1) is 0 Å². The number of aliphatic hydroxyl groups excluding tert-OH is 1. The number of rotatable bonds is 4. The number of aliphatic hydroxyl groups is 1. The maximum atomic E-state index is 9.78. The Labute approximate surface area is 128 Å². The van der Waals surface area contributed by atoms with Gasteiger partial charge in [0.2, 0.25) is 0 Å². The van der Waals surface area contributed by atoms with Crippen molar-refractivity contribution in [2.45, 2.75) is 33.5 Å². The van der Waals surface area contributed by atoms with E-state index in [2.05, 4.69) is 48.0 Å². The lowest BCUT2D eigenvalue weighted by Crippen LogP contribution is -2.01. The Hall–Kier alpha value is -1.32. The first-order valence-electron chi connectivity index (χ1n) is 6.64. The van der Waals surface area contributed by atoms with Gasteiger partial charge in [0, 0.05) is 10.0 Å². The Bertz CT molecular complexity index is 606. The lowest BCUT2D eigenvalue weighted by atomic mass is 10.1. The van der Waals surface area contributed by atoms with Crippen molar-refractivity contribution in [3.05, 3.63) is 63.1 Å². The number of halogens is 1. The van der Waals surface area contributed by atoms with E-state index in [0.29, 0.717) is 12.4 Å². The molecular weight excluding hydrogens is 316 g/mol. The number of benzene rings is 2. The molecule has 0 fully saturated rings. The Balaban J connectivity index is 2.17. The molecule has 0 heterocycles. The summed E-state index contributed by atoms with van der Waals surface area (Å²) in [4.78, 5) is 0. The van der Waals surface area contributed by atoms with Crippen LogP contribution in [-0.2, 0) is 6.61 Å². The normalized spacial score (nSPS) is 12.2. The second-order valence-corrected chi connectivity index (χ2v) is 5.98. The molecule has 2 rings (SSSR count). The standard InChI is InChI=1S/C17H19BrO2/c1-11-4-5-14(8-12(11)2)10-20-17-9-15(18)6-7-16(17)13(3)19/h4-9,13,19H,10H2,1-3H3/t13-/m0/s1. The Morgan fingerprint density at radius 3 is 2.50 bits per heavy atom. The lowest BCUT2D eigenvalue weighted by Gasteiger charge is -2.14. The van der Waals surface area contributed by atoms with Gasteiger partial charge in [0.1, 0.15) is 12.4 Å². The highest BCUT2D eigenvalue weighted by molar-refractivity contribution is 9.10. The number of ether oxygens (including phenoxy) is 1. The molecule has 2 aromatic carbocycles. The highest BCUT2D eigenvalue weighted by Crippen LogP contribution is 2.29. The predicted molar refractivity (Wildman–Crippen MR) is 85.0 cm³/mol. The average Bonchev–Trinajstić information content (AvgIpc) is 2.40. The summed E-state index contributed by atoms with van der Waals surface area (Å²) in [6.45, 7) is 6.43. The van der Waals surface area contributed by atoms with Gasteiger partial charge in [0.25, 0.3) is 0 Å². The third kappa shape index (κ3) is 3.62. The minimum atomic E-state index is -0.544. The molecule has 1 atom stereocenters. The summed E-state index contributed by atoms with van der Waals surface area (Å²) >= 11 is 3.43. The van der Waals surface area contributed by atoms with E-state index < -0.39 is 6.10 Å². The molecule has 0 aliphatic heterocycles. The molecule has 0 saturated carbocycles. The number of hydrogen-bond acceptors (Lipinski definition) is 2. The van der Waals surface area contributed by atoms with E-state index in [9.17, 15) is 5.11 Å². The van der Waals surface area contributed by atoms with Gasteiger partial charge in [-0.05, 0) is 49.6 Å². The van der Waals surface area contributed by atoms with Crippen LogP contribution in [0.2, 0.25) is 0 Å². The van der Waals surface area contributed by atoms with Gasteiger partial charge in [-0.25, -0.2) is 0 Å². The van der Waals surface area contributed by atoms with Gasteiger partial charge >= 0.3 is 0 Å². The molecule has 106 valence electrons. The Morgan fingerprint density at radius 2 is 1.85 bits per heavy atom. The molecule has 0 aromatic heterocycles. The Morgan fingerprint density at radius 1 is 1.10 bits per heavy atom. The second-order valence-electron chi connectivity index (χ2n) is 5.07. The van der Waals surface area contributed by atoms with Gasteiger partial charge in [0.05, 0.1) is 6.10 Å². The molecule has 0 spiro atoms. The highest BCUT2D eigenvalue weighted by Gasteiger charge is 2.10. The monoisotopic (exact) mass is 334 g/mol. The van der Waals surface area contributed by atoms with Crippen LogP contribution in [0.4, 0.5) is 0 Å². The quantitative estimate of drug-likeness (QED) is 0.878. The summed E-state index contributed by atoms with van der Waals surface area (Å²) in [6.07, 6.45) is -0.544. The molecule has 0 saturated heterocycles. The van der Waals surface area contributed by atoms with E-state index in [1.807, 2.05) is 18.2 Å². The fourth-order valence-corrected chi connectivity index (χ4v) is 2.37. The van der Waals surface area contributed by atoms with Crippen molar-refractivity contribution in [2.75, 3.05) is 0 Å². The molecule has 20 heavy (non-hydrogen) atoms. The zero-order valence-corrected chi connectivity index (χ0v) is 13.6. The molecule has 1 N–H and O–H groups in total. The average molecular weight is 335 g/mol. The van der Waals surface area contributed by atoms with Crippen molar-refractivity contribution in [1.82, 2.24) is 0 Å². The van der Waals surface area contributed by atoms with E-state index in [-0.39, 0.29) is 0 Å². The highest BCUT2D eigenvalue weighted by atomic mass is 79.9. The first kappa shape index (κ1) is 15.1. The lowest BCUT2D eigenvalue weighted by molar-refractivity contribution is 0.190. The summed E-state index contributed by atoms with van der Waals surface area (Å²) < 4.78 is 6.81. The second kappa shape index (κ2) is 6.42. The SMILES string of the molecule is Cc1ccc(COc2cc(Br)ccc2[C@H](C)O)cc1C. The number of aryl methyl sites for hydroxylation is 2. The van der Waals surface area contributed by atoms with E-state index in [1.165, 1.54) is 11.1 Å². The maximum absolute atomic E-state index is 9.78. The zero-order valence-electron chi connectivity index (χ0n) is 12.0. The molecule has 0 radical (unpaired) electrons. The predicted octanol–water partition coefficient (Wildman–Crippen LogP) is 4.70. The van der Waals surface area contributed by atoms with Gasteiger partial charge in [0.15, 0.2) is 0 Å². The van der Waals surface area contributed by atoms with Crippen LogP contribution in [0.1, 0.15) is 35.3 Å². The molecule has 0 bridgehead atoms. The van der Waals surface area contributed by atoms with E-state index in [0.717, 1.165) is 15.6 Å². The minimum Gasteiger partial charge on any atom is -0.488 e. The van der Waals surface area contributed by atoms with Crippen LogP contribution in [0.3, 0.4) is 0 Å². The summed E-state index contributed by atoms with van der Waals surface area (Å²) in [5, 5.41) is 9.78. The molecular formula is C17H19BrO2. The van der Waals surface area contributed by atoms with Crippen molar-refractivity contribution >= 4 is 15.9 Å². The molecule has 2 aromatic rings. The molecule has 0 amide bonds. The third-order valence-corrected chi connectivity index (χ3v) is 3.88. The largest absolute Gasteiger partial charge is 0.488 e. The first-order valence-corrected chi connectivity index (χ1v) is 7.43. The van der Waals surface area contributed by atoms with Gasteiger partial charge in [-0.2, -0.15) is 0 Å².